The molecule has 1 saturated carbocycles. The van der Waals surface area contributed by atoms with Crippen molar-refractivity contribution in [3.05, 3.63) is 76.6 Å². The number of hydrogen-bond acceptors (Lipinski definition) is 5. The fourth-order valence-corrected chi connectivity index (χ4v) is 7.05. The molecule has 2 fully saturated rings. The van der Waals surface area contributed by atoms with Crippen LogP contribution in [-0.4, -0.2) is 50.8 Å². The number of allylic oxidation sites excluding steroid dienone is 2. The number of benzene rings is 2. The molecule has 1 saturated heterocycles. The van der Waals surface area contributed by atoms with Crippen molar-refractivity contribution < 1.29 is 29.3 Å². The summed E-state index contributed by atoms with van der Waals surface area (Å²) in [6, 6.07) is 13.8. The normalized spacial score (nSPS) is 24.9. The van der Waals surface area contributed by atoms with E-state index in [2.05, 4.69) is 0 Å². The van der Waals surface area contributed by atoms with Gasteiger partial charge in [0.15, 0.2) is 11.6 Å². The highest BCUT2D eigenvalue weighted by atomic mass is 19.1. The standard InChI is InChI=1S/C33H38FNO5/c1-20-16-25-31(33(40)35(32(25)39)24-10-6-3-7-11-24)26(19-36)30(20)29(38)15-13-23(22-8-4-2-5-9-22)17-21-12-14-28(37)27(34)18-21/h2,4-5,8-9,12,14,17-18,24-26,29,31,36-38H,3,6-7,10-11,13,15-16,19H2,1H3/b23-17-/t25-,26+,29-,31-/m1/s1. The summed E-state index contributed by atoms with van der Waals surface area (Å²) in [4.78, 5) is 28.5. The van der Waals surface area contributed by atoms with Crippen molar-refractivity contribution in [2.45, 2.75) is 70.4 Å². The molecule has 2 amide bonds. The zero-order valence-corrected chi connectivity index (χ0v) is 22.9. The number of aliphatic hydroxyl groups is 2. The minimum atomic E-state index is -0.909. The quantitative estimate of drug-likeness (QED) is 0.231. The number of phenolic OH excluding ortho intramolecular Hbond substituents is 1. The van der Waals surface area contributed by atoms with Crippen LogP contribution in [0.1, 0.15) is 69.4 Å². The zero-order chi connectivity index (χ0) is 28.4. The molecule has 2 aromatic rings. The molecule has 0 unspecified atom stereocenters. The lowest BCUT2D eigenvalue weighted by molar-refractivity contribution is -0.143. The highest BCUT2D eigenvalue weighted by Crippen LogP contribution is 2.47. The molecule has 0 spiro atoms. The first-order chi connectivity index (χ1) is 19.3. The van der Waals surface area contributed by atoms with Crippen molar-refractivity contribution >= 4 is 23.5 Å². The molecule has 4 atom stereocenters. The van der Waals surface area contributed by atoms with Gasteiger partial charge < -0.3 is 15.3 Å². The Bertz CT molecular complexity index is 1310. The van der Waals surface area contributed by atoms with Crippen LogP contribution >= 0.6 is 0 Å². The van der Waals surface area contributed by atoms with Crippen molar-refractivity contribution in [2.24, 2.45) is 17.8 Å². The number of amides is 2. The minimum Gasteiger partial charge on any atom is -0.505 e. The molecule has 1 aliphatic heterocycles. The van der Waals surface area contributed by atoms with E-state index in [1.54, 1.807) is 6.07 Å². The molecule has 2 aliphatic carbocycles. The molecule has 3 aliphatic rings. The average Bonchev–Trinajstić information content (AvgIpc) is 3.21. The van der Waals surface area contributed by atoms with E-state index < -0.39 is 35.4 Å². The van der Waals surface area contributed by atoms with Gasteiger partial charge >= 0.3 is 0 Å². The number of fused-ring (bicyclic) bond motifs is 1. The Kier molecular flexibility index (Phi) is 8.52. The average molecular weight is 548 g/mol. The highest BCUT2D eigenvalue weighted by molar-refractivity contribution is 6.06. The predicted octanol–water partition coefficient (Wildman–Crippen LogP) is 5.48. The maximum atomic E-state index is 14.0. The van der Waals surface area contributed by atoms with Gasteiger partial charge in [-0.2, -0.15) is 0 Å². The minimum absolute atomic E-state index is 0.0596. The molecule has 3 N–H and O–H groups in total. The van der Waals surface area contributed by atoms with Gasteiger partial charge in [-0.3, -0.25) is 14.5 Å². The largest absolute Gasteiger partial charge is 0.505 e. The third kappa shape index (κ3) is 5.50. The number of aliphatic hydroxyl groups excluding tert-OH is 2. The molecule has 212 valence electrons. The number of imide groups is 1. The smallest absolute Gasteiger partial charge is 0.234 e. The maximum absolute atomic E-state index is 14.0. The topological polar surface area (TPSA) is 98.1 Å². The highest BCUT2D eigenvalue weighted by Gasteiger charge is 2.55. The Morgan fingerprint density at radius 3 is 2.48 bits per heavy atom. The van der Waals surface area contributed by atoms with E-state index in [9.17, 15) is 29.3 Å². The third-order valence-electron chi connectivity index (χ3n) is 9.00. The van der Waals surface area contributed by atoms with Crippen LogP contribution in [0.5, 0.6) is 5.75 Å². The van der Waals surface area contributed by atoms with Crippen LogP contribution in [0.4, 0.5) is 4.39 Å². The molecular weight excluding hydrogens is 509 g/mol. The second-order valence-electron chi connectivity index (χ2n) is 11.5. The second kappa shape index (κ2) is 12.1. The molecule has 6 nitrogen and oxygen atoms in total. The van der Waals surface area contributed by atoms with E-state index >= 15 is 0 Å². The van der Waals surface area contributed by atoms with Crippen molar-refractivity contribution in [1.29, 1.82) is 0 Å². The first kappa shape index (κ1) is 28.2. The lowest BCUT2D eigenvalue weighted by atomic mass is 9.68. The number of rotatable bonds is 8. The molecule has 0 bridgehead atoms. The Labute approximate surface area is 234 Å². The van der Waals surface area contributed by atoms with Crippen LogP contribution in [0.3, 0.4) is 0 Å². The number of carbonyl (C=O) groups is 2. The van der Waals surface area contributed by atoms with Crippen molar-refractivity contribution in [3.63, 3.8) is 0 Å². The maximum Gasteiger partial charge on any atom is 0.234 e. The summed E-state index contributed by atoms with van der Waals surface area (Å²) in [6.45, 7) is 1.59. The second-order valence-corrected chi connectivity index (χ2v) is 11.5. The molecular formula is C33H38FNO5. The van der Waals surface area contributed by atoms with E-state index in [4.69, 9.17) is 0 Å². The monoisotopic (exact) mass is 547 g/mol. The number of phenols is 1. The van der Waals surface area contributed by atoms with E-state index in [1.165, 1.54) is 17.0 Å². The first-order valence-corrected chi connectivity index (χ1v) is 14.4. The Morgan fingerprint density at radius 2 is 1.80 bits per heavy atom. The molecule has 7 heteroatoms. The van der Waals surface area contributed by atoms with Gasteiger partial charge in [0.05, 0.1) is 24.5 Å². The fraction of sp³-hybridized carbons (Fsp3) is 0.455. The molecule has 40 heavy (non-hydrogen) atoms. The number of nitrogens with zero attached hydrogens (tertiary/aromatic N) is 1. The van der Waals surface area contributed by atoms with Gasteiger partial charge in [-0.25, -0.2) is 4.39 Å². The van der Waals surface area contributed by atoms with Crippen molar-refractivity contribution in [2.75, 3.05) is 6.61 Å². The van der Waals surface area contributed by atoms with Gasteiger partial charge in [-0.1, -0.05) is 67.3 Å². The molecule has 0 aromatic heterocycles. The number of halogens is 1. The lowest BCUT2D eigenvalue weighted by Gasteiger charge is -2.35. The van der Waals surface area contributed by atoms with Gasteiger partial charge in [-0.15, -0.1) is 0 Å². The van der Waals surface area contributed by atoms with Crippen LogP contribution < -0.4 is 0 Å². The molecule has 0 radical (unpaired) electrons. The summed E-state index contributed by atoms with van der Waals surface area (Å²) >= 11 is 0. The van der Waals surface area contributed by atoms with Crippen molar-refractivity contribution in [1.82, 2.24) is 4.90 Å². The number of carbonyl (C=O) groups excluding carboxylic acids is 2. The van der Waals surface area contributed by atoms with E-state index in [0.717, 1.165) is 48.8 Å². The van der Waals surface area contributed by atoms with E-state index in [-0.39, 0.29) is 24.5 Å². The van der Waals surface area contributed by atoms with Gasteiger partial charge in [-0.05, 0) is 73.4 Å². The Morgan fingerprint density at radius 1 is 1.07 bits per heavy atom. The molecule has 5 rings (SSSR count). The van der Waals surface area contributed by atoms with Crippen LogP contribution in [0.25, 0.3) is 11.6 Å². The number of likely N-dealkylation sites (tertiary alicyclic amines) is 1. The van der Waals surface area contributed by atoms with Crippen molar-refractivity contribution in [3.8, 4) is 5.75 Å². The van der Waals surface area contributed by atoms with Gasteiger partial charge in [0.25, 0.3) is 0 Å². The van der Waals surface area contributed by atoms with Crippen LogP contribution in [0.2, 0.25) is 0 Å². The van der Waals surface area contributed by atoms with Gasteiger partial charge in [0.2, 0.25) is 11.8 Å². The number of aromatic hydroxyl groups is 1. The van der Waals surface area contributed by atoms with Crippen LogP contribution in [0.15, 0.2) is 59.7 Å². The van der Waals surface area contributed by atoms with Gasteiger partial charge in [0, 0.05) is 12.0 Å². The summed E-state index contributed by atoms with van der Waals surface area (Å²) in [6.07, 6.45) is 6.94. The SMILES string of the molecule is CC1=C([C@H](O)CC/C(=C/c2ccc(O)c(F)c2)c2ccccc2)[C@H](CO)[C@@H]2C(=O)N(C3CCCCC3)C(=O)[C@@H]2C1. The summed E-state index contributed by atoms with van der Waals surface area (Å²) in [7, 11) is 0. The van der Waals surface area contributed by atoms with Crippen LogP contribution in [0, 0.1) is 23.6 Å². The summed E-state index contributed by atoms with van der Waals surface area (Å²) in [5.41, 5.74) is 3.93. The van der Waals surface area contributed by atoms with E-state index in [0.29, 0.717) is 30.4 Å². The van der Waals surface area contributed by atoms with E-state index in [1.807, 2.05) is 43.3 Å². The van der Waals surface area contributed by atoms with Crippen LogP contribution in [-0.2, 0) is 9.59 Å². The summed E-state index contributed by atoms with van der Waals surface area (Å²) in [5, 5.41) is 31.5. The molecule has 1 heterocycles. The van der Waals surface area contributed by atoms with Gasteiger partial charge in [0.1, 0.15) is 0 Å². The third-order valence-corrected chi connectivity index (χ3v) is 9.00. The fourth-order valence-electron chi connectivity index (χ4n) is 7.05. The summed E-state index contributed by atoms with van der Waals surface area (Å²) in [5.74, 6) is -3.16. The first-order valence-electron chi connectivity index (χ1n) is 14.4. The Balaban J connectivity index is 1.38. The zero-order valence-electron chi connectivity index (χ0n) is 22.9. The lowest BCUT2D eigenvalue weighted by Crippen LogP contribution is -2.42. The Hall–Kier alpha value is -3.29. The number of hydrogen-bond donors (Lipinski definition) is 3. The molecule has 2 aromatic carbocycles. The predicted molar refractivity (Wildman–Crippen MR) is 151 cm³/mol. The summed E-state index contributed by atoms with van der Waals surface area (Å²) < 4.78 is 14.0.